The van der Waals surface area contributed by atoms with Gasteiger partial charge in [0.25, 0.3) is 0 Å². The number of halogens is 1. The van der Waals surface area contributed by atoms with Crippen LogP contribution >= 0.6 is 0 Å². The Morgan fingerprint density at radius 3 is 2.72 bits per heavy atom. The van der Waals surface area contributed by atoms with E-state index in [1.165, 1.54) is 13.0 Å². The minimum absolute atomic E-state index is 0.0473. The molecule has 0 aliphatic rings. The third-order valence-corrected chi connectivity index (χ3v) is 3.82. The Hall–Kier alpha value is -1.02. The van der Waals surface area contributed by atoms with Gasteiger partial charge in [0, 0.05) is 6.54 Å². The monoisotopic (exact) mass is 277 g/mol. The van der Waals surface area contributed by atoms with Crippen molar-refractivity contribution in [3.8, 4) is 0 Å². The van der Waals surface area contributed by atoms with Crippen LogP contribution in [0, 0.1) is 12.7 Å². The molecule has 0 saturated heterocycles. The fourth-order valence-electron chi connectivity index (χ4n) is 1.41. The molecule has 0 amide bonds. The first-order chi connectivity index (χ1) is 8.47. The Morgan fingerprint density at radius 1 is 1.39 bits per heavy atom. The SMILES string of the molecule is Cc1cc(F)ccc1S(=O)(=O)NCCOCCO. The molecule has 0 unspecified atom stereocenters. The first kappa shape index (κ1) is 15.0. The van der Waals surface area contributed by atoms with Crippen molar-refractivity contribution in [1.82, 2.24) is 4.72 Å². The molecule has 2 N–H and O–H groups in total. The second kappa shape index (κ2) is 6.79. The highest BCUT2D eigenvalue weighted by molar-refractivity contribution is 7.89. The average Bonchev–Trinajstić information content (AvgIpc) is 2.28. The Morgan fingerprint density at radius 2 is 2.11 bits per heavy atom. The van der Waals surface area contributed by atoms with E-state index in [2.05, 4.69) is 4.72 Å². The predicted octanol–water partition coefficient (Wildman–Crippen LogP) is 0.421. The van der Waals surface area contributed by atoms with Crippen LogP contribution in [0.15, 0.2) is 23.1 Å². The van der Waals surface area contributed by atoms with Crippen molar-refractivity contribution < 1.29 is 22.7 Å². The molecular formula is C11H16FNO4S. The summed E-state index contributed by atoms with van der Waals surface area (Å²) in [5.74, 6) is -0.474. The molecule has 18 heavy (non-hydrogen) atoms. The highest BCUT2D eigenvalue weighted by atomic mass is 32.2. The van der Waals surface area contributed by atoms with Gasteiger partial charge in [-0.2, -0.15) is 0 Å². The maximum atomic E-state index is 12.9. The molecule has 7 heteroatoms. The lowest BCUT2D eigenvalue weighted by atomic mass is 10.2. The predicted molar refractivity (Wildman–Crippen MR) is 64.2 cm³/mol. The number of hydrogen-bond donors (Lipinski definition) is 2. The van der Waals surface area contributed by atoms with Crippen LogP contribution in [0.5, 0.6) is 0 Å². The van der Waals surface area contributed by atoms with Crippen LogP contribution in [0.1, 0.15) is 5.56 Å². The van der Waals surface area contributed by atoms with Crippen LogP contribution in [0.4, 0.5) is 4.39 Å². The maximum Gasteiger partial charge on any atom is 0.240 e. The summed E-state index contributed by atoms with van der Waals surface area (Å²) in [6.07, 6.45) is 0. The van der Waals surface area contributed by atoms with Gasteiger partial charge in [-0.25, -0.2) is 17.5 Å². The summed E-state index contributed by atoms with van der Waals surface area (Å²) < 4.78 is 43.8. The van der Waals surface area contributed by atoms with Crippen LogP contribution in [-0.2, 0) is 14.8 Å². The molecule has 0 aromatic heterocycles. The second-order valence-electron chi connectivity index (χ2n) is 3.64. The van der Waals surface area contributed by atoms with Crippen molar-refractivity contribution in [2.45, 2.75) is 11.8 Å². The molecule has 5 nitrogen and oxygen atoms in total. The van der Waals surface area contributed by atoms with Crippen molar-refractivity contribution in [3.05, 3.63) is 29.6 Å². The Labute approximate surface area is 106 Å². The summed E-state index contributed by atoms with van der Waals surface area (Å²) >= 11 is 0. The number of benzene rings is 1. The minimum atomic E-state index is -3.65. The fourth-order valence-corrected chi connectivity index (χ4v) is 2.64. The summed E-state index contributed by atoms with van der Waals surface area (Å²) in [7, 11) is -3.65. The molecule has 0 aliphatic carbocycles. The number of aliphatic hydroxyl groups excluding tert-OH is 1. The topological polar surface area (TPSA) is 75.6 Å². The van der Waals surface area contributed by atoms with Gasteiger partial charge in [-0.3, -0.25) is 0 Å². The maximum absolute atomic E-state index is 12.9. The molecule has 0 heterocycles. The van der Waals surface area contributed by atoms with Gasteiger partial charge in [0.1, 0.15) is 5.82 Å². The van der Waals surface area contributed by atoms with Gasteiger partial charge in [-0.15, -0.1) is 0 Å². The zero-order valence-electron chi connectivity index (χ0n) is 10.0. The van der Waals surface area contributed by atoms with Gasteiger partial charge in [0.2, 0.25) is 10.0 Å². The van der Waals surface area contributed by atoms with Gasteiger partial charge in [-0.05, 0) is 30.7 Å². The highest BCUT2D eigenvalue weighted by Crippen LogP contribution is 2.15. The van der Waals surface area contributed by atoms with Gasteiger partial charge < -0.3 is 9.84 Å². The van der Waals surface area contributed by atoms with E-state index in [9.17, 15) is 12.8 Å². The summed E-state index contributed by atoms with van der Waals surface area (Å²) in [6.45, 7) is 1.85. The second-order valence-corrected chi connectivity index (χ2v) is 5.38. The van der Waals surface area contributed by atoms with Crippen molar-refractivity contribution in [3.63, 3.8) is 0 Å². The zero-order chi connectivity index (χ0) is 13.6. The van der Waals surface area contributed by atoms with E-state index >= 15 is 0 Å². The lowest BCUT2D eigenvalue weighted by molar-refractivity contribution is 0.0961. The third kappa shape index (κ3) is 4.34. The summed E-state index contributed by atoms with van der Waals surface area (Å²) in [5, 5.41) is 8.47. The van der Waals surface area contributed by atoms with Crippen molar-refractivity contribution in [1.29, 1.82) is 0 Å². The van der Waals surface area contributed by atoms with E-state index in [0.29, 0.717) is 5.56 Å². The van der Waals surface area contributed by atoms with Gasteiger partial charge in [0.15, 0.2) is 0 Å². The molecule has 0 fully saturated rings. The largest absolute Gasteiger partial charge is 0.394 e. The van der Waals surface area contributed by atoms with Gasteiger partial charge in [-0.1, -0.05) is 0 Å². The first-order valence-corrected chi connectivity index (χ1v) is 6.90. The van der Waals surface area contributed by atoms with Crippen LogP contribution < -0.4 is 4.72 Å². The van der Waals surface area contributed by atoms with Crippen LogP contribution in [-0.4, -0.2) is 39.9 Å². The zero-order valence-corrected chi connectivity index (χ0v) is 10.8. The van der Waals surface area contributed by atoms with E-state index in [4.69, 9.17) is 9.84 Å². The lowest BCUT2D eigenvalue weighted by Gasteiger charge is -2.09. The van der Waals surface area contributed by atoms with Crippen molar-refractivity contribution >= 4 is 10.0 Å². The molecule has 0 radical (unpaired) electrons. The molecule has 0 bridgehead atoms. The molecule has 1 aromatic rings. The Balaban J connectivity index is 2.63. The number of aliphatic hydroxyl groups is 1. The van der Waals surface area contributed by atoms with Crippen molar-refractivity contribution in [2.24, 2.45) is 0 Å². The molecule has 0 saturated carbocycles. The molecule has 102 valence electrons. The number of nitrogens with one attached hydrogen (secondary N) is 1. The normalized spacial score (nSPS) is 11.7. The van der Waals surface area contributed by atoms with Crippen LogP contribution in [0.3, 0.4) is 0 Å². The van der Waals surface area contributed by atoms with E-state index < -0.39 is 15.8 Å². The fraction of sp³-hybridized carbons (Fsp3) is 0.455. The summed E-state index contributed by atoms with van der Waals surface area (Å²) in [4.78, 5) is 0.0473. The minimum Gasteiger partial charge on any atom is -0.394 e. The summed E-state index contributed by atoms with van der Waals surface area (Å²) in [6, 6.07) is 3.49. The average molecular weight is 277 g/mol. The number of hydrogen-bond acceptors (Lipinski definition) is 4. The van der Waals surface area contributed by atoms with Gasteiger partial charge >= 0.3 is 0 Å². The number of sulfonamides is 1. The van der Waals surface area contributed by atoms with Gasteiger partial charge in [0.05, 0.1) is 24.7 Å². The molecule has 0 spiro atoms. The molecule has 0 aliphatic heterocycles. The Kier molecular flexibility index (Phi) is 5.67. The van der Waals surface area contributed by atoms with E-state index in [1.807, 2.05) is 0 Å². The number of rotatable bonds is 7. The number of ether oxygens (including phenoxy) is 1. The lowest BCUT2D eigenvalue weighted by Crippen LogP contribution is -2.28. The van der Waals surface area contributed by atoms with E-state index in [-0.39, 0.29) is 31.3 Å². The standard InChI is InChI=1S/C11H16FNO4S/c1-9-8-10(12)2-3-11(9)18(15,16)13-4-6-17-7-5-14/h2-3,8,13-14H,4-7H2,1H3. The van der Waals surface area contributed by atoms with Crippen LogP contribution in [0.25, 0.3) is 0 Å². The molecule has 0 atom stereocenters. The summed E-state index contributed by atoms with van der Waals surface area (Å²) in [5.41, 5.74) is 0.346. The first-order valence-electron chi connectivity index (χ1n) is 5.42. The third-order valence-electron chi connectivity index (χ3n) is 2.20. The smallest absolute Gasteiger partial charge is 0.240 e. The van der Waals surface area contributed by atoms with Crippen LogP contribution in [0.2, 0.25) is 0 Å². The quantitative estimate of drug-likeness (QED) is 0.708. The highest BCUT2D eigenvalue weighted by Gasteiger charge is 2.16. The number of aryl methyl sites for hydroxylation is 1. The van der Waals surface area contributed by atoms with Crippen molar-refractivity contribution in [2.75, 3.05) is 26.4 Å². The van der Waals surface area contributed by atoms with E-state index in [1.54, 1.807) is 0 Å². The molecular weight excluding hydrogens is 261 g/mol. The molecule has 1 aromatic carbocycles. The Bertz CT molecular complexity index is 490. The van der Waals surface area contributed by atoms with E-state index in [0.717, 1.165) is 12.1 Å². The molecule has 1 rings (SSSR count).